The average molecular weight is 325 g/mol. The van der Waals surface area contributed by atoms with Crippen LogP contribution in [0.5, 0.6) is 0 Å². The summed E-state index contributed by atoms with van der Waals surface area (Å²) in [5, 5.41) is 9.60. The number of hydrogen-bond donors (Lipinski definition) is 2. The zero-order chi connectivity index (χ0) is 13.9. The van der Waals surface area contributed by atoms with E-state index < -0.39 is 0 Å². The van der Waals surface area contributed by atoms with Crippen LogP contribution < -0.4 is 10.6 Å². The molecule has 3 nitrogen and oxygen atoms in total. The Labute approximate surface area is 135 Å². The van der Waals surface area contributed by atoms with E-state index in [1.54, 1.807) is 11.3 Å². The van der Waals surface area contributed by atoms with Crippen LogP contribution in [0.3, 0.4) is 0 Å². The molecule has 1 fully saturated rings. The van der Waals surface area contributed by atoms with Gasteiger partial charge >= 0.3 is 0 Å². The molecule has 5 heteroatoms. The molecule has 1 aromatic heterocycles. The number of halogens is 1. The van der Waals surface area contributed by atoms with E-state index in [-0.39, 0.29) is 24.4 Å². The second-order valence-electron chi connectivity index (χ2n) is 5.51. The zero-order valence-electron chi connectivity index (χ0n) is 12.1. The standard InChI is InChI=1S/C16H20N2OS.ClH/c1-11(12-5-4-8-17-9-12)18-16(19)14-10-20-15-7-3-2-6-13(14)15;/h2-3,6-7,10-12,17H,4-5,8-9H2,1H3,(H,18,19);1H. The van der Waals surface area contributed by atoms with Crippen LogP contribution in [0.25, 0.3) is 10.1 Å². The van der Waals surface area contributed by atoms with Gasteiger partial charge in [-0.1, -0.05) is 18.2 Å². The Morgan fingerprint density at radius 2 is 2.24 bits per heavy atom. The number of piperidine rings is 1. The van der Waals surface area contributed by atoms with Crippen molar-refractivity contribution in [1.29, 1.82) is 0 Å². The Hall–Kier alpha value is -1.10. The molecule has 2 N–H and O–H groups in total. The summed E-state index contributed by atoms with van der Waals surface area (Å²) in [7, 11) is 0. The third-order valence-corrected chi connectivity index (χ3v) is 5.09. The van der Waals surface area contributed by atoms with E-state index in [0.29, 0.717) is 5.92 Å². The van der Waals surface area contributed by atoms with E-state index in [0.717, 1.165) is 24.0 Å². The molecule has 114 valence electrons. The van der Waals surface area contributed by atoms with Crippen LogP contribution in [0.15, 0.2) is 29.6 Å². The molecule has 2 heterocycles. The van der Waals surface area contributed by atoms with Gasteiger partial charge < -0.3 is 10.6 Å². The Kier molecular flexibility index (Phi) is 5.62. The molecule has 0 saturated carbocycles. The van der Waals surface area contributed by atoms with Gasteiger partial charge in [-0.3, -0.25) is 4.79 Å². The average Bonchev–Trinajstić information content (AvgIpc) is 2.92. The molecule has 2 atom stereocenters. The summed E-state index contributed by atoms with van der Waals surface area (Å²) in [4.78, 5) is 12.4. The zero-order valence-corrected chi connectivity index (χ0v) is 13.7. The van der Waals surface area contributed by atoms with Gasteiger partial charge in [0.15, 0.2) is 0 Å². The normalized spacial score (nSPS) is 19.8. The molecule has 0 spiro atoms. The third kappa shape index (κ3) is 3.57. The van der Waals surface area contributed by atoms with E-state index in [9.17, 15) is 4.79 Å². The quantitative estimate of drug-likeness (QED) is 0.908. The summed E-state index contributed by atoms with van der Waals surface area (Å²) in [6.45, 7) is 4.22. The van der Waals surface area contributed by atoms with Gasteiger partial charge in [0.25, 0.3) is 5.91 Å². The molecular formula is C16H21ClN2OS. The molecule has 2 unspecified atom stereocenters. The van der Waals surface area contributed by atoms with Gasteiger partial charge in [-0.15, -0.1) is 23.7 Å². The first-order valence-corrected chi connectivity index (χ1v) is 8.11. The van der Waals surface area contributed by atoms with Gasteiger partial charge in [-0.05, 0) is 44.8 Å². The van der Waals surface area contributed by atoms with Crippen LogP contribution in [0.4, 0.5) is 0 Å². The molecule has 3 rings (SSSR count). The van der Waals surface area contributed by atoms with Gasteiger partial charge in [0.05, 0.1) is 5.56 Å². The van der Waals surface area contributed by atoms with Crippen molar-refractivity contribution < 1.29 is 4.79 Å². The number of benzene rings is 1. The van der Waals surface area contributed by atoms with Gasteiger partial charge in [0.1, 0.15) is 0 Å². The largest absolute Gasteiger partial charge is 0.349 e. The maximum absolute atomic E-state index is 12.4. The molecular weight excluding hydrogens is 304 g/mol. The van der Waals surface area contributed by atoms with Crippen LogP contribution in [0.2, 0.25) is 0 Å². The molecule has 1 saturated heterocycles. The SMILES string of the molecule is CC(NC(=O)c1csc2ccccc12)C1CCCNC1.Cl. The Morgan fingerprint density at radius 1 is 1.43 bits per heavy atom. The highest BCUT2D eigenvalue weighted by molar-refractivity contribution is 7.17. The first kappa shape index (κ1) is 16.3. The molecule has 1 aromatic carbocycles. The number of thiophene rings is 1. The topological polar surface area (TPSA) is 41.1 Å². The molecule has 21 heavy (non-hydrogen) atoms. The minimum absolute atomic E-state index is 0. The van der Waals surface area contributed by atoms with Gasteiger partial charge in [0, 0.05) is 21.5 Å². The smallest absolute Gasteiger partial charge is 0.252 e. The Morgan fingerprint density at radius 3 is 3.00 bits per heavy atom. The van der Waals surface area contributed by atoms with Crippen LogP contribution in [0, 0.1) is 5.92 Å². The summed E-state index contributed by atoms with van der Waals surface area (Å²) in [6.07, 6.45) is 2.39. The Bertz CT molecular complexity index is 607. The number of fused-ring (bicyclic) bond motifs is 1. The first-order valence-electron chi connectivity index (χ1n) is 7.23. The van der Waals surface area contributed by atoms with Crippen molar-refractivity contribution in [1.82, 2.24) is 10.6 Å². The number of carbonyl (C=O) groups excluding carboxylic acids is 1. The van der Waals surface area contributed by atoms with E-state index in [2.05, 4.69) is 23.6 Å². The fraction of sp³-hybridized carbons (Fsp3) is 0.438. The summed E-state index contributed by atoms with van der Waals surface area (Å²) >= 11 is 1.63. The van der Waals surface area contributed by atoms with E-state index in [4.69, 9.17) is 0 Å². The lowest BCUT2D eigenvalue weighted by molar-refractivity contribution is 0.0924. The molecule has 1 aliphatic heterocycles. The fourth-order valence-electron chi connectivity index (χ4n) is 2.86. The monoisotopic (exact) mass is 324 g/mol. The number of nitrogens with one attached hydrogen (secondary N) is 2. The minimum atomic E-state index is 0. The number of rotatable bonds is 3. The molecule has 2 aromatic rings. The molecule has 1 amide bonds. The first-order chi connectivity index (χ1) is 9.75. The number of hydrogen-bond acceptors (Lipinski definition) is 3. The Balaban J connectivity index is 0.00000161. The van der Waals surface area contributed by atoms with Crippen LogP contribution in [-0.4, -0.2) is 25.0 Å². The summed E-state index contributed by atoms with van der Waals surface area (Å²) in [5.41, 5.74) is 0.807. The van der Waals surface area contributed by atoms with Crippen molar-refractivity contribution in [2.75, 3.05) is 13.1 Å². The van der Waals surface area contributed by atoms with Crippen molar-refractivity contribution in [3.63, 3.8) is 0 Å². The van der Waals surface area contributed by atoms with Crippen molar-refractivity contribution in [3.05, 3.63) is 35.2 Å². The van der Waals surface area contributed by atoms with Crippen molar-refractivity contribution in [3.8, 4) is 0 Å². The van der Waals surface area contributed by atoms with Gasteiger partial charge in [-0.25, -0.2) is 0 Å². The fourth-order valence-corrected chi connectivity index (χ4v) is 3.80. The van der Waals surface area contributed by atoms with Crippen molar-refractivity contribution >= 4 is 39.7 Å². The molecule has 0 bridgehead atoms. The number of amides is 1. The van der Waals surface area contributed by atoms with Gasteiger partial charge in [-0.2, -0.15) is 0 Å². The second kappa shape index (κ2) is 7.25. The van der Waals surface area contributed by atoms with Crippen LogP contribution in [0.1, 0.15) is 30.1 Å². The maximum atomic E-state index is 12.4. The lowest BCUT2D eigenvalue weighted by atomic mass is 9.92. The second-order valence-corrected chi connectivity index (χ2v) is 6.43. The maximum Gasteiger partial charge on any atom is 0.252 e. The molecule has 0 aliphatic carbocycles. The van der Waals surface area contributed by atoms with Crippen LogP contribution >= 0.6 is 23.7 Å². The lowest BCUT2D eigenvalue weighted by Gasteiger charge is -2.28. The highest BCUT2D eigenvalue weighted by Crippen LogP contribution is 2.26. The van der Waals surface area contributed by atoms with Crippen molar-refractivity contribution in [2.24, 2.45) is 5.92 Å². The molecule has 1 aliphatic rings. The highest BCUT2D eigenvalue weighted by Gasteiger charge is 2.22. The predicted molar refractivity (Wildman–Crippen MR) is 91.6 cm³/mol. The summed E-state index contributed by atoms with van der Waals surface area (Å²) < 4.78 is 1.17. The van der Waals surface area contributed by atoms with Crippen molar-refractivity contribution in [2.45, 2.75) is 25.8 Å². The summed E-state index contributed by atoms with van der Waals surface area (Å²) in [6, 6.07) is 8.30. The number of carbonyl (C=O) groups is 1. The predicted octanol–water partition coefficient (Wildman–Crippen LogP) is 3.44. The lowest BCUT2D eigenvalue weighted by Crippen LogP contribution is -2.44. The van der Waals surface area contributed by atoms with E-state index >= 15 is 0 Å². The molecule has 0 radical (unpaired) electrons. The highest BCUT2D eigenvalue weighted by atomic mass is 35.5. The van der Waals surface area contributed by atoms with Gasteiger partial charge in [0.2, 0.25) is 0 Å². The van der Waals surface area contributed by atoms with E-state index in [1.165, 1.54) is 17.5 Å². The van der Waals surface area contributed by atoms with Crippen LogP contribution in [-0.2, 0) is 0 Å². The minimum Gasteiger partial charge on any atom is -0.349 e. The van der Waals surface area contributed by atoms with E-state index in [1.807, 2.05) is 23.6 Å². The summed E-state index contributed by atoms with van der Waals surface area (Å²) in [5.74, 6) is 0.595. The third-order valence-electron chi connectivity index (χ3n) is 4.13.